The summed E-state index contributed by atoms with van der Waals surface area (Å²) in [5.41, 5.74) is 0. The van der Waals surface area contributed by atoms with E-state index in [1.165, 1.54) is 32.0 Å². The lowest BCUT2D eigenvalue weighted by Gasteiger charge is -2.71. The van der Waals surface area contributed by atoms with E-state index in [1.54, 1.807) is 0 Å². The lowest BCUT2D eigenvalue weighted by atomic mass is 8.24. The molecule has 2 unspecified atom stereocenters. The summed E-state index contributed by atoms with van der Waals surface area (Å²) < 4.78 is -0.295. The zero-order valence-electron chi connectivity index (χ0n) is 8.74. The van der Waals surface area contributed by atoms with Crippen molar-refractivity contribution in [3.8, 4) is 0 Å². The van der Waals surface area contributed by atoms with Crippen LogP contribution in [0.4, 0.5) is 0 Å². The van der Waals surface area contributed by atoms with Crippen LogP contribution in [0, 0.1) is 0 Å². The van der Waals surface area contributed by atoms with Crippen molar-refractivity contribution in [3.63, 3.8) is 0 Å². The van der Waals surface area contributed by atoms with E-state index in [2.05, 4.69) is 0 Å². The molecular weight excluding hydrogens is 227 g/mol. The zero-order chi connectivity index (χ0) is 9.98. The first kappa shape index (κ1) is 7.73. The maximum Gasteiger partial charge on any atom is 0.107 e. The van der Waals surface area contributed by atoms with Gasteiger partial charge in [-0.2, -0.15) is 0 Å². The fourth-order valence-electron chi connectivity index (χ4n) is 10.1. The first-order chi connectivity index (χ1) is 7.70. The van der Waals surface area contributed by atoms with Gasteiger partial charge in [-0.3, -0.25) is 0 Å². The molecular formula is C4H2B10Cl2. The maximum atomic E-state index is 6.69. The molecule has 0 nitrogen and oxygen atoms in total. The van der Waals surface area contributed by atoms with Gasteiger partial charge >= 0.3 is 0 Å². The monoisotopic (exact) mass is 230 g/mol. The molecule has 8 fully saturated rings. The molecule has 8 aliphatic rings. The Morgan fingerprint density at radius 1 is 0.750 bits per heavy atom. The molecule has 2 atom stereocenters. The first-order valence-electron chi connectivity index (χ1n) is 7.07. The quantitative estimate of drug-likeness (QED) is 0.339. The minimum atomic E-state index is -0.295. The Bertz CT molecular complexity index is 567. The van der Waals surface area contributed by atoms with Gasteiger partial charge in [0.2, 0.25) is 0 Å². The van der Waals surface area contributed by atoms with Crippen LogP contribution in [0.25, 0.3) is 0 Å². The maximum absolute atomic E-state index is 6.69. The van der Waals surface area contributed by atoms with Crippen LogP contribution in [0.1, 0.15) is 6.42 Å². The molecule has 0 aromatic heterocycles. The molecule has 0 bridgehead atoms. The first-order valence-corrected chi connectivity index (χ1v) is 7.83. The molecule has 8 rings (SSSR count). The molecule has 12 heteroatoms. The third kappa shape index (κ3) is 0.326. The van der Waals surface area contributed by atoms with Gasteiger partial charge in [-0.15, -0.1) is 23.2 Å². The van der Waals surface area contributed by atoms with Crippen LogP contribution in [0.5, 0.6) is 0 Å². The van der Waals surface area contributed by atoms with Crippen molar-refractivity contribution in [3.05, 3.63) is 0 Å². The summed E-state index contributed by atoms with van der Waals surface area (Å²) in [6.07, 6.45) is 9.33. The molecule has 7 heterocycles. The molecule has 0 radical (unpaired) electrons. The van der Waals surface area contributed by atoms with Gasteiger partial charge in [0.25, 0.3) is 0 Å². The summed E-state index contributed by atoms with van der Waals surface area (Å²) >= 11 is 13.4. The Hall–Kier alpha value is 1.23. The number of rotatable bonds is 0. The van der Waals surface area contributed by atoms with Crippen molar-refractivity contribution in [1.82, 2.24) is 0 Å². The Kier molecular flexibility index (Phi) is 0.721. The van der Waals surface area contributed by atoms with Crippen molar-refractivity contribution < 1.29 is 0 Å². The molecule has 0 aromatic carbocycles. The van der Waals surface area contributed by atoms with Crippen molar-refractivity contribution >= 4 is 87.5 Å². The van der Waals surface area contributed by atoms with Crippen LogP contribution in [0.15, 0.2) is 0 Å². The Morgan fingerprint density at radius 3 is 2.12 bits per heavy atom. The van der Waals surface area contributed by atoms with E-state index in [0.717, 1.165) is 44.0 Å². The second-order valence-corrected chi connectivity index (χ2v) is 9.85. The second kappa shape index (κ2) is 1.49. The molecule has 16 heavy (non-hydrogen) atoms. The molecule has 0 aromatic rings. The largest absolute Gasteiger partial charge is 0.107 e. The van der Waals surface area contributed by atoms with E-state index in [-0.39, 0.29) is 4.33 Å². The van der Waals surface area contributed by atoms with Crippen molar-refractivity contribution in [1.29, 1.82) is 0 Å². The summed E-state index contributed by atoms with van der Waals surface area (Å²) in [7, 11) is 0. The molecule has 7 saturated heterocycles. The standard InChI is InChI=1S/C4H2B10Cl2/c15-3(16)1-2-4(3)5(2)8-6(2)9-12-11-7(4)10(8)13(11)14(9)12/h1H2. The van der Waals surface area contributed by atoms with Gasteiger partial charge in [0.1, 0.15) is 4.33 Å². The van der Waals surface area contributed by atoms with Gasteiger partial charge in [-0.05, 0) is 6.42 Å². The fraction of sp³-hybridized carbons (Fsp3) is 1.00. The SMILES string of the molecule is ClC1(Cl)CC23B4B5B6B5B5B6B6B4B2C13B56. The zero-order valence-corrected chi connectivity index (χ0v) is 10.2. The number of halogens is 2. The van der Waals surface area contributed by atoms with Crippen LogP contribution in [0.3, 0.4) is 0 Å². The summed E-state index contributed by atoms with van der Waals surface area (Å²) in [4.78, 5) is 0. The van der Waals surface area contributed by atoms with Crippen LogP contribution in [-0.4, -0.2) is 68.6 Å². The van der Waals surface area contributed by atoms with Crippen LogP contribution in [-0.2, 0) is 0 Å². The highest BCUT2D eigenvalue weighted by Gasteiger charge is 3.14. The Morgan fingerprint density at radius 2 is 1.38 bits per heavy atom. The number of fused-ring (bicyclic) bond motifs is 4. The molecule has 1 aliphatic carbocycles. The lowest BCUT2D eigenvalue weighted by molar-refractivity contribution is 0.459. The van der Waals surface area contributed by atoms with Crippen molar-refractivity contribution in [2.75, 3.05) is 0 Å². The van der Waals surface area contributed by atoms with Gasteiger partial charge in [-0.1, -0.05) is 10.4 Å². The van der Waals surface area contributed by atoms with Gasteiger partial charge in [-0.25, -0.2) is 0 Å². The van der Waals surface area contributed by atoms with Crippen molar-refractivity contribution in [2.45, 2.75) is 21.2 Å². The number of hydrogen-bond acceptors (Lipinski definition) is 0. The third-order valence-corrected chi connectivity index (χ3v) is 10.3. The molecule has 2 spiro atoms. The average Bonchev–Trinajstić information content (AvgIpc) is 2.82. The number of hydrogen-bond donors (Lipinski definition) is 0. The average molecular weight is 229 g/mol. The van der Waals surface area contributed by atoms with E-state index >= 15 is 0 Å². The molecule has 0 N–H and O–H groups in total. The van der Waals surface area contributed by atoms with Crippen LogP contribution < -0.4 is 0 Å². The van der Waals surface area contributed by atoms with E-state index in [9.17, 15) is 0 Å². The molecule has 1 saturated carbocycles. The third-order valence-electron chi connectivity index (χ3n) is 9.43. The molecule has 7 aliphatic heterocycles. The smallest absolute Gasteiger partial charge is 0.103 e. The summed E-state index contributed by atoms with van der Waals surface area (Å²) in [5, 5.41) is 1.23. The number of alkyl halides is 2. The van der Waals surface area contributed by atoms with E-state index in [1.807, 2.05) is 0 Å². The highest BCUT2D eigenvalue weighted by molar-refractivity contribution is 8.61. The Labute approximate surface area is 108 Å². The minimum absolute atomic E-state index is 0.295. The van der Waals surface area contributed by atoms with Crippen LogP contribution in [0.2, 0.25) is 10.4 Å². The highest BCUT2D eigenvalue weighted by atomic mass is 35.5. The predicted molar refractivity (Wildman–Crippen MR) is 82.0 cm³/mol. The topological polar surface area (TPSA) is 0 Å². The minimum Gasteiger partial charge on any atom is -0.103 e. The lowest BCUT2D eigenvalue weighted by Crippen LogP contribution is -2.99. The summed E-state index contributed by atoms with van der Waals surface area (Å²) in [5.74, 6) is 0. The van der Waals surface area contributed by atoms with Gasteiger partial charge in [0, 0.05) is 57.7 Å². The van der Waals surface area contributed by atoms with E-state index in [0.29, 0.717) is 5.21 Å². The van der Waals surface area contributed by atoms with Gasteiger partial charge < -0.3 is 0 Å². The second-order valence-electron chi connectivity index (χ2n) is 8.36. The van der Waals surface area contributed by atoms with Gasteiger partial charge in [0.05, 0.1) is 6.60 Å². The predicted octanol–water partition coefficient (Wildman–Crippen LogP) is -1.81. The molecule has 62 valence electrons. The fourth-order valence-corrected chi connectivity index (χ4v) is 11.3. The normalized spacial score (nSPS) is 54.4. The Balaban J connectivity index is 1.55. The summed E-state index contributed by atoms with van der Waals surface area (Å²) in [6, 6.07) is 0. The van der Waals surface area contributed by atoms with Gasteiger partial charge in [0.15, 0.2) is 0 Å². The molecule has 0 amide bonds. The van der Waals surface area contributed by atoms with Crippen LogP contribution >= 0.6 is 23.2 Å². The van der Waals surface area contributed by atoms with E-state index < -0.39 is 0 Å². The van der Waals surface area contributed by atoms with Crippen molar-refractivity contribution in [2.24, 2.45) is 0 Å². The highest BCUT2D eigenvalue weighted by Crippen LogP contribution is 3.05. The summed E-state index contributed by atoms with van der Waals surface area (Å²) in [6.45, 7) is 3.16. The van der Waals surface area contributed by atoms with E-state index in [4.69, 9.17) is 23.2 Å².